The van der Waals surface area contributed by atoms with Gasteiger partial charge >= 0.3 is 12.1 Å². The summed E-state index contributed by atoms with van der Waals surface area (Å²) in [7, 11) is 2.02. The number of hydrogen-bond acceptors (Lipinski definition) is 11. The number of aliphatic carboxylic acids is 1. The number of alkyl halides is 3. The van der Waals surface area contributed by atoms with Gasteiger partial charge in [-0.05, 0) is 18.7 Å². The minimum absolute atomic E-state index is 0.00444. The van der Waals surface area contributed by atoms with E-state index in [4.69, 9.17) is 4.98 Å². The normalized spacial score (nSPS) is 16.8. The molecule has 0 spiro atoms. The van der Waals surface area contributed by atoms with Crippen LogP contribution in [0.1, 0.15) is 21.7 Å². The SMILES string of the molecule is CN1CCN(c2nc(C(=O)N[C@@H](CSCc3ccccc3)C(=O)O)cc(N3CCN(c4nccc(C(F)(F)F)n4)CC3)n2)CC1. The molecule has 0 aliphatic carbocycles. The molecule has 2 aliphatic rings. The number of piperazine rings is 2. The summed E-state index contributed by atoms with van der Waals surface area (Å²) in [4.78, 5) is 50.2. The van der Waals surface area contributed by atoms with Crippen molar-refractivity contribution in [2.75, 3.05) is 79.9 Å². The molecular formula is C29H34F3N9O3S. The third kappa shape index (κ3) is 8.51. The lowest BCUT2D eigenvalue weighted by Gasteiger charge is -2.36. The lowest BCUT2D eigenvalue weighted by atomic mass is 10.2. The molecule has 1 aromatic carbocycles. The summed E-state index contributed by atoms with van der Waals surface area (Å²) in [6, 6.07) is 10.9. The van der Waals surface area contributed by atoms with Crippen LogP contribution >= 0.6 is 11.8 Å². The van der Waals surface area contributed by atoms with Crippen molar-refractivity contribution >= 4 is 41.4 Å². The third-order valence-corrected chi connectivity index (χ3v) is 8.65. The number of halogens is 3. The maximum Gasteiger partial charge on any atom is 0.433 e. The van der Waals surface area contributed by atoms with Gasteiger partial charge in [0.2, 0.25) is 11.9 Å². The van der Waals surface area contributed by atoms with Crippen molar-refractivity contribution in [2.24, 2.45) is 0 Å². The zero-order valence-electron chi connectivity index (χ0n) is 24.7. The molecule has 2 aliphatic heterocycles. The zero-order valence-corrected chi connectivity index (χ0v) is 25.5. The second-order valence-corrected chi connectivity index (χ2v) is 11.8. The van der Waals surface area contributed by atoms with Crippen molar-refractivity contribution in [3.63, 3.8) is 0 Å². The van der Waals surface area contributed by atoms with E-state index in [1.807, 2.05) is 47.2 Å². The van der Waals surface area contributed by atoms with E-state index < -0.39 is 29.8 Å². The van der Waals surface area contributed by atoms with Gasteiger partial charge < -0.3 is 30.0 Å². The second kappa shape index (κ2) is 14.3. The van der Waals surface area contributed by atoms with Crippen LogP contribution in [0.2, 0.25) is 0 Å². The average Bonchev–Trinajstić information content (AvgIpc) is 3.04. The molecular weight excluding hydrogens is 611 g/mol. The van der Waals surface area contributed by atoms with E-state index >= 15 is 0 Å². The molecule has 2 N–H and O–H groups in total. The Morgan fingerprint density at radius 3 is 2.22 bits per heavy atom. The molecule has 45 heavy (non-hydrogen) atoms. The number of carbonyl (C=O) groups is 2. The number of nitrogens with zero attached hydrogens (tertiary/aromatic N) is 8. The van der Waals surface area contributed by atoms with Crippen LogP contribution in [0.25, 0.3) is 0 Å². The zero-order chi connectivity index (χ0) is 32.0. The van der Waals surface area contributed by atoms with E-state index in [1.165, 1.54) is 17.8 Å². The van der Waals surface area contributed by atoms with Gasteiger partial charge in [-0.1, -0.05) is 30.3 Å². The van der Waals surface area contributed by atoms with Crippen LogP contribution in [0.5, 0.6) is 0 Å². The van der Waals surface area contributed by atoms with Crippen LogP contribution in [0.15, 0.2) is 48.7 Å². The van der Waals surface area contributed by atoms with Crippen molar-refractivity contribution in [1.29, 1.82) is 0 Å². The first kappa shape index (κ1) is 32.2. The predicted octanol–water partition coefficient (Wildman–Crippen LogP) is 2.48. The van der Waals surface area contributed by atoms with Gasteiger partial charge in [0.05, 0.1) is 0 Å². The van der Waals surface area contributed by atoms with Crippen LogP contribution in [0.4, 0.5) is 30.9 Å². The summed E-state index contributed by atoms with van der Waals surface area (Å²) < 4.78 is 39.6. The van der Waals surface area contributed by atoms with Crippen molar-refractivity contribution in [3.8, 4) is 0 Å². The highest BCUT2D eigenvalue weighted by Crippen LogP contribution is 2.29. The Morgan fingerprint density at radius 2 is 1.56 bits per heavy atom. The second-order valence-electron chi connectivity index (χ2n) is 10.8. The number of carboxylic acids is 1. The quantitative estimate of drug-likeness (QED) is 0.336. The smallest absolute Gasteiger partial charge is 0.433 e. The Bertz CT molecular complexity index is 1470. The molecule has 5 rings (SSSR count). The minimum Gasteiger partial charge on any atom is -0.480 e. The minimum atomic E-state index is -4.57. The Balaban J connectivity index is 1.31. The topological polar surface area (TPSA) is 131 Å². The van der Waals surface area contributed by atoms with Crippen molar-refractivity contribution in [1.82, 2.24) is 30.2 Å². The number of nitrogens with one attached hydrogen (secondary N) is 1. The number of amides is 1. The van der Waals surface area contributed by atoms with E-state index in [0.29, 0.717) is 56.8 Å². The molecule has 16 heteroatoms. The van der Waals surface area contributed by atoms with Crippen LogP contribution in [0.3, 0.4) is 0 Å². The molecule has 240 valence electrons. The van der Waals surface area contributed by atoms with E-state index in [2.05, 4.69) is 25.2 Å². The fourth-order valence-corrected chi connectivity index (χ4v) is 5.93. The summed E-state index contributed by atoms with van der Waals surface area (Å²) in [6.07, 6.45) is -3.48. The molecule has 0 radical (unpaired) electrons. The van der Waals surface area contributed by atoms with Crippen LogP contribution in [-0.4, -0.2) is 113 Å². The summed E-state index contributed by atoms with van der Waals surface area (Å²) in [5.74, 6) is -0.181. The van der Waals surface area contributed by atoms with Crippen LogP contribution in [0, 0.1) is 0 Å². The lowest BCUT2D eigenvalue weighted by Crippen LogP contribution is -2.48. The molecule has 0 bridgehead atoms. The Labute approximate surface area is 262 Å². The molecule has 2 fully saturated rings. The summed E-state index contributed by atoms with van der Waals surface area (Å²) in [5.41, 5.74) is 0.0863. The lowest BCUT2D eigenvalue weighted by molar-refractivity contribution is -0.141. The molecule has 1 atom stereocenters. The Morgan fingerprint density at radius 1 is 0.911 bits per heavy atom. The standard InChI is InChI=1S/C29H34F3N9O3S/c1-38-9-11-41(12-10-38)28-35-21(25(42)34-22(26(43)44)19-45-18-20-5-3-2-4-6-20)17-24(37-28)39-13-15-40(16-14-39)27-33-8-7-23(36-27)29(30,31)32/h2-8,17,22H,9-16,18-19H2,1H3,(H,34,42)(H,43,44)/t22-/m0/s1. The first-order valence-corrected chi connectivity index (χ1v) is 15.6. The fraction of sp³-hybridized carbons (Fsp3) is 0.448. The number of thioether (sulfide) groups is 1. The van der Waals surface area contributed by atoms with Crippen molar-refractivity contribution in [2.45, 2.75) is 18.0 Å². The monoisotopic (exact) mass is 645 g/mol. The largest absolute Gasteiger partial charge is 0.480 e. The van der Waals surface area contributed by atoms with Gasteiger partial charge in [0.25, 0.3) is 5.91 Å². The van der Waals surface area contributed by atoms with Gasteiger partial charge in [0.15, 0.2) is 0 Å². The van der Waals surface area contributed by atoms with E-state index in [-0.39, 0.29) is 17.4 Å². The maximum absolute atomic E-state index is 13.4. The molecule has 3 aromatic rings. The summed E-state index contributed by atoms with van der Waals surface area (Å²) >= 11 is 1.41. The molecule has 0 unspecified atom stereocenters. The molecule has 4 heterocycles. The first-order valence-electron chi connectivity index (χ1n) is 14.4. The molecule has 1 amide bonds. The molecule has 2 saturated heterocycles. The number of benzene rings is 1. The molecule has 2 aromatic heterocycles. The van der Waals surface area contributed by atoms with Gasteiger partial charge in [0, 0.05) is 76.1 Å². The number of likely N-dealkylation sites (N-methyl/N-ethyl adjacent to an activating group) is 1. The van der Waals surface area contributed by atoms with Crippen LogP contribution in [-0.2, 0) is 16.7 Å². The van der Waals surface area contributed by atoms with Gasteiger partial charge in [-0.15, -0.1) is 0 Å². The van der Waals surface area contributed by atoms with Crippen LogP contribution < -0.4 is 20.0 Å². The number of rotatable bonds is 10. The highest BCUT2D eigenvalue weighted by atomic mass is 32.2. The third-order valence-electron chi connectivity index (χ3n) is 7.54. The number of carbonyl (C=O) groups excluding carboxylic acids is 1. The van der Waals surface area contributed by atoms with Gasteiger partial charge in [-0.3, -0.25) is 4.79 Å². The predicted molar refractivity (Wildman–Crippen MR) is 165 cm³/mol. The Kier molecular flexibility index (Phi) is 10.2. The first-order chi connectivity index (χ1) is 21.6. The van der Waals surface area contributed by atoms with Gasteiger partial charge in [0.1, 0.15) is 23.2 Å². The van der Waals surface area contributed by atoms with E-state index in [9.17, 15) is 27.9 Å². The number of aromatic nitrogens is 4. The fourth-order valence-electron chi connectivity index (χ4n) is 4.92. The number of carboxylic acid groups (broad SMARTS) is 1. The van der Waals surface area contributed by atoms with Crippen molar-refractivity contribution < 1.29 is 27.9 Å². The highest BCUT2D eigenvalue weighted by molar-refractivity contribution is 7.98. The summed E-state index contributed by atoms with van der Waals surface area (Å²) in [6.45, 7) is 4.29. The van der Waals surface area contributed by atoms with E-state index in [0.717, 1.165) is 30.9 Å². The van der Waals surface area contributed by atoms with Gasteiger partial charge in [-0.2, -0.15) is 29.9 Å². The molecule has 0 saturated carbocycles. The van der Waals surface area contributed by atoms with E-state index in [1.54, 1.807) is 4.90 Å². The maximum atomic E-state index is 13.4. The summed E-state index contributed by atoms with van der Waals surface area (Å²) in [5, 5.41) is 12.5. The average molecular weight is 646 g/mol. The number of hydrogen-bond donors (Lipinski definition) is 2. The number of anilines is 3. The highest BCUT2D eigenvalue weighted by Gasteiger charge is 2.34. The molecule has 12 nitrogen and oxygen atoms in total. The van der Waals surface area contributed by atoms with Crippen molar-refractivity contribution in [3.05, 3.63) is 65.6 Å². The van der Waals surface area contributed by atoms with Gasteiger partial charge in [-0.25, -0.2) is 19.7 Å². The Hall–Kier alpha value is -4.18.